The highest BCUT2D eigenvalue weighted by Gasteiger charge is 2.39. The van der Waals surface area contributed by atoms with Crippen molar-refractivity contribution in [2.75, 3.05) is 37.8 Å². The van der Waals surface area contributed by atoms with Crippen LogP contribution < -0.4 is 16.4 Å². The number of thioether (sulfide) groups is 1. The number of allylic oxidation sites excluding steroid dienone is 1. The molecule has 13 heteroatoms. The zero-order chi connectivity index (χ0) is 32.6. The number of nitrogens with one attached hydrogen (secondary N) is 3. The lowest BCUT2D eigenvalue weighted by Gasteiger charge is -2.31. The molecule has 0 bridgehead atoms. The van der Waals surface area contributed by atoms with Crippen LogP contribution in [0.3, 0.4) is 0 Å². The minimum absolute atomic E-state index is 0.137. The highest BCUT2D eigenvalue weighted by Crippen LogP contribution is 2.41. The number of carbonyl (C=O) groups is 2. The second-order valence-corrected chi connectivity index (χ2v) is 11.5. The summed E-state index contributed by atoms with van der Waals surface area (Å²) in [7, 11) is 0. The van der Waals surface area contributed by atoms with E-state index >= 15 is 0 Å². The SMILES string of the molecule is CCOC(=O)C1=C(C)NC(CSCCCCCNC(N)=NCCCc2ccc[nH]2)=C(C(=O)OCC)C1c1cccc([N+](=O)[O-])c1. The molecule has 244 valence electrons. The second kappa shape index (κ2) is 18.5. The molecule has 0 aliphatic carbocycles. The number of unbranched alkanes of at least 4 members (excludes halogenated alkanes) is 2. The normalized spacial score (nSPS) is 15.1. The lowest BCUT2D eigenvalue weighted by molar-refractivity contribution is -0.384. The Bertz CT molecular complexity index is 1390. The number of aromatic nitrogens is 1. The van der Waals surface area contributed by atoms with Crippen LogP contribution in [0, 0.1) is 10.1 Å². The quantitative estimate of drug-likeness (QED) is 0.0446. The summed E-state index contributed by atoms with van der Waals surface area (Å²) in [5.74, 6) is -0.288. The van der Waals surface area contributed by atoms with Crippen molar-refractivity contribution in [2.24, 2.45) is 10.7 Å². The third kappa shape index (κ3) is 10.7. The Balaban J connectivity index is 1.60. The highest BCUT2D eigenvalue weighted by atomic mass is 32.2. The predicted molar refractivity (Wildman–Crippen MR) is 177 cm³/mol. The molecule has 1 aliphatic heterocycles. The van der Waals surface area contributed by atoms with E-state index in [1.807, 2.05) is 12.3 Å². The van der Waals surface area contributed by atoms with Crippen molar-refractivity contribution in [2.45, 2.75) is 58.8 Å². The van der Waals surface area contributed by atoms with Crippen LogP contribution >= 0.6 is 11.8 Å². The molecule has 45 heavy (non-hydrogen) atoms. The Morgan fingerprint density at radius 2 is 1.82 bits per heavy atom. The number of benzene rings is 1. The van der Waals surface area contributed by atoms with Crippen molar-refractivity contribution >= 4 is 35.3 Å². The number of aliphatic imine (C=N–C) groups is 1. The van der Waals surface area contributed by atoms with E-state index in [2.05, 4.69) is 26.7 Å². The number of dihydropyridines is 1. The van der Waals surface area contributed by atoms with E-state index in [0.717, 1.165) is 44.4 Å². The first-order chi connectivity index (χ1) is 21.8. The van der Waals surface area contributed by atoms with E-state index in [9.17, 15) is 19.7 Å². The summed E-state index contributed by atoms with van der Waals surface area (Å²) < 4.78 is 10.8. The molecule has 2 heterocycles. The van der Waals surface area contributed by atoms with Gasteiger partial charge in [0.2, 0.25) is 0 Å². The molecule has 0 fully saturated rings. The van der Waals surface area contributed by atoms with Gasteiger partial charge in [0.05, 0.1) is 35.2 Å². The number of nitro groups is 1. The van der Waals surface area contributed by atoms with Crippen LogP contribution in [0.25, 0.3) is 0 Å². The summed E-state index contributed by atoms with van der Waals surface area (Å²) in [6.07, 6.45) is 6.66. The van der Waals surface area contributed by atoms with E-state index in [0.29, 0.717) is 35.2 Å². The lowest BCUT2D eigenvalue weighted by atomic mass is 9.80. The first kappa shape index (κ1) is 35.2. The number of hydrogen-bond donors (Lipinski definition) is 4. The molecular weight excluding hydrogens is 596 g/mol. The van der Waals surface area contributed by atoms with Gasteiger partial charge >= 0.3 is 11.9 Å². The van der Waals surface area contributed by atoms with Crippen LogP contribution in [-0.2, 0) is 25.5 Å². The number of esters is 2. The van der Waals surface area contributed by atoms with Gasteiger partial charge < -0.3 is 30.8 Å². The number of nitrogens with two attached hydrogens (primary N) is 1. The van der Waals surface area contributed by atoms with E-state index in [1.54, 1.807) is 44.7 Å². The predicted octanol–water partition coefficient (Wildman–Crippen LogP) is 4.70. The number of nitro benzene ring substituents is 1. The first-order valence-corrected chi connectivity index (χ1v) is 16.4. The van der Waals surface area contributed by atoms with E-state index in [-0.39, 0.29) is 30.0 Å². The fourth-order valence-corrected chi connectivity index (χ4v) is 6.02. The zero-order valence-corrected chi connectivity index (χ0v) is 27.0. The minimum Gasteiger partial charge on any atom is -0.463 e. The van der Waals surface area contributed by atoms with E-state index in [1.165, 1.54) is 17.8 Å². The Morgan fingerprint density at radius 3 is 2.51 bits per heavy atom. The zero-order valence-electron chi connectivity index (χ0n) is 26.2. The van der Waals surface area contributed by atoms with Crippen molar-refractivity contribution in [3.05, 3.63) is 86.5 Å². The largest absolute Gasteiger partial charge is 0.463 e. The molecule has 12 nitrogen and oxygen atoms in total. The lowest BCUT2D eigenvalue weighted by Crippen LogP contribution is -2.34. The number of ether oxygens (including phenoxy) is 2. The highest BCUT2D eigenvalue weighted by molar-refractivity contribution is 7.99. The number of non-ortho nitro benzene ring substituents is 1. The molecule has 1 aromatic heterocycles. The third-order valence-electron chi connectivity index (χ3n) is 7.12. The number of rotatable bonds is 18. The summed E-state index contributed by atoms with van der Waals surface area (Å²) in [4.78, 5) is 45.1. The number of aromatic amines is 1. The average molecular weight is 641 g/mol. The van der Waals surface area contributed by atoms with Crippen molar-refractivity contribution in [3.63, 3.8) is 0 Å². The van der Waals surface area contributed by atoms with Gasteiger partial charge in [-0.05, 0) is 69.9 Å². The number of carbonyl (C=O) groups excluding carboxylic acids is 2. The molecule has 1 aliphatic rings. The van der Waals surface area contributed by atoms with Crippen LogP contribution in [0.5, 0.6) is 0 Å². The molecule has 1 aromatic carbocycles. The van der Waals surface area contributed by atoms with Crippen LogP contribution in [0.2, 0.25) is 0 Å². The van der Waals surface area contributed by atoms with Gasteiger partial charge in [0.15, 0.2) is 5.96 Å². The molecule has 0 saturated heterocycles. The monoisotopic (exact) mass is 640 g/mol. The number of hydrogen-bond acceptors (Lipinski definition) is 9. The summed E-state index contributed by atoms with van der Waals surface area (Å²) in [6, 6.07) is 10.0. The maximum atomic E-state index is 13.4. The van der Waals surface area contributed by atoms with Crippen molar-refractivity contribution in [1.29, 1.82) is 0 Å². The Hall–Kier alpha value is -4.26. The molecule has 2 aromatic rings. The molecule has 0 radical (unpaired) electrons. The van der Waals surface area contributed by atoms with Crippen molar-refractivity contribution in [3.8, 4) is 0 Å². The fraction of sp³-hybridized carbons (Fsp3) is 0.469. The molecule has 0 spiro atoms. The molecule has 0 amide bonds. The minimum atomic E-state index is -0.883. The van der Waals surface area contributed by atoms with Gasteiger partial charge in [-0.1, -0.05) is 18.6 Å². The van der Waals surface area contributed by atoms with Crippen LogP contribution in [0.4, 0.5) is 5.69 Å². The summed E-state index contributed by atoms with van der Waals surface area (Å²) >= 11 is 1.66. The second-order valence-electron chi connectivity index (χ2n) is 10.4. The Morgan fingerprint density at radius 1 is 1.07 bits per heavy atom. The van der Waals surface area contributed by atoms with Gasteiger partial charge in [0, 0.05) is 54.3 Å². The van der Waals surface area contributed by atoms with Gasteiger partial charge in [0.1, 0.15) is 0 Å². The maximum Gasteiger partial charge on any atom is 0.336 e. The first-order valence-electron chi connectivity index (χ1n) is 15.3. The van der Waals surface area contributed by atoms with Gasteiger partial charge in [0.25, 0.3) is 5.69 Å². The van der Waals surface area contributed by atoms with Gasteiger partial charge in [-0.3, -0.25) is 15.1 Å². The van der Waals surface area contributed by atoms with Gasteiger partial charge in [-0.15, -0.1) is 0 Å². The molecule has 0 saturated carbocycles. The summed E-state index contributed by atoms with van der Waals surface area (Å²) in [5, 5.41) is 18.0. The third-order valence-corrected chi connectivity index (χ3v) is 8.19. The number of nitrogens with zero attached hydrogens (tertiary/aromatic N) is 2. The Kier molecular flexibility index (Phi) is 14.5. The number of aryl methyl sites for hydroxylation is 1. The standard InChI is InChI=1S/C32H44N6O6S/c1-4-43-30(39)27-22(3)37-26(29(31(40)44-5-2)28(27)23-12-9-15-25(20-23)38(41)42)21-45-19-8-6-7-16-35-32(33)36-18-11-14-24-13-10-17-34-24/h9-10,12-13,15,17,20,28,34,37H,4-8,11,14,16,18-19,21H2,1-3H3,(H3,33,35,36). The number of H-pyrrole nitrogens is 1. The topological polar surface area (TPSA) is 174 Å². The molecule has 1 unspecified atom stereocenters. The smallest absolute Gasteiger partial charge is 0.336 e. The molecular formula is C32H44N6O6S. The van der Waals surface area contributed by atoms with Gasteiger partial charge in [-0.25, -0.2) is 9.59 Å². The van der Waals surface area contributed by atoms with Crippen molar-refractivity contribution in [1.82, 2.24) is 15.6 Å². The van der Waals surface area contributed by atoms with Crippen LogP contribution in [0.15, 0.2) is 70.1 Å². The number of guanidine groups is 1. The average Bonchev–Trinajstić information content (AvgIpc) is 3.54. The fourth-order valence-electron chi connectivity index (χ4n) is 5.04. The Labute approximate surface area is 268 Å². The van der Waals surface area contributed by atoms with Crippen LogP contribution in [0.1, 0.15) is 63.6 Å². The summed E-state index contributed by atoms with van der Waals surface area (Å²) in [5.41, 5.74) is 9.10. The van der Waals surface area contributed by atoms with E-state index in [4.69, 9.17) is 15.2 Å². The molecule has 3 rings (SSSR count). The maximum absolute atomic E-state index is 13.4. The molecule has 1 atom stereocenters. The van der Waals surface area contributed by atoms with E-state index < -0.39 is 22.8 Å². The van der Waals surface area contributed by atoms with Crippen molar-refractivity contribution < 1.29 is 24.0 Å². The summed E-state index contributed by atoms with van der Waals surface area (Å²) in [6.45, 7) is 6.83. The van der Waals surface area contributed by atoms with Gasteiger partial charge in [-0.2, -0.15) is 11.8 Å². The molecule has 5 N–H and O–H groups in total. The van der Waals surface area contributed by atoms with Crippen LogP contribution in [-0.4, -0.2) is 65.6 Å².